The molecule has 16 heteroatoms. The molecule has 16 nitrogen and oxygen atoms in total. The van der Waals surface area contributed by atoms with Crippen molar-refractivity contribution in [3.8, 4) is 0 Å². The van der Waals surface area contributed by atoms with Gasteiger partial charge in [0.15, 0.2) is 17.5 Å². The molecule has 6 fully saturated rings. The van der Waals surface area contributed by atoms with Gasteiger partial charge >= 0.3 is 11.9 Å². The fourth-order valence-electron chi connectivity index (χ4n) is 11.0. The smallest absolute Gasteiger partial charge is 0.355 e. The third-order valence-corrected chi connectivity index (χ3v) is 13.4. The van der Waals surface area contributed by atoms with Crippen molar-refractivity contribution in [2.75, 3.05) is 6.54 Å². The number of aromatic nitrogens is 1. The minimum atomic E-state index is -2.77. The summed E-state index contributed by atoms with van der Waals surface area (Å²) in [6, 6.07) is 8.84. The number of benzene rings is 1. The molecule has 1 amide bonds. The van der Waals surface area contributed by atoms with E-state index >= 15 is 0 Å². The van der Waals surface area contributed by atoms with Gasteiger partial charge in [0, 0.05) is 40.7 Å². The van der Waals surface area contributed by atoms with E-state index < -0.39 is 92.9 Å². The van der Waals surface area contributed by atoms with Crippen LogP contribution < -0.4 is 5.32 Å². The van der Waals surface area contributed by atoms with Crippen LogP contribution in [0.25, 0.3) is 10.4 Å². The van der Waals surface area contributed by atoms with Crippen molar-refractivity contribution in [3.05, 3.63) is 64.3 Å². The Balaban J connectivity index is 1.25. The van der Waals surface area contributed by atoms with E-state index in [0.717, 1.165) is 0 Å². The lowest BCUT2D eigenvalue weighted by Crippen LogP contribution is -2.75. The summed E-state index contributed by atoms with van der Waals surface area (Å²) in [6.07, 6.45) is -2.48. The predicted octanol–water partition coefficient (Wildman–Crippen LogP) is 2.13. The number of nitrogens with one attached hydrogen (secondary N) is 2. The highest BCUT2D eigenvalue weighted by molar-refractivity contribution is 5.94. The van der Waals surface area contributed by atoms with Gasteiger partial charge in [-0.2, -0.15) is 0 Å². The Morgan fingerprint density at radius 2 is 1.78 bits per heavy atom. The molecular weight excluding hydrogens is 666 g/mol. The third kappa shape index (κ3) is 3.66. The van der Waals surface area contributed by atoms with Crippen LogP contribution in [-0.2, 0) is 19.0 Å². The van der Waals surface area contributed by atoms with Crippen molar-refractivity contribution in [3.63, 3.8) is 0 Å². The SMILES string of the molecule is CC(C)[C@@]1(O)[C@@H](OC(=O)c2ccc[nH]2)[C@@]2(O)[C@@]3(C)C[C@@]4(O)O[C@@]5([C@H](OC(=O)CCNC(=O)c6ccc(N=[N+]=[N-])cc6)[C@@H](C)CC[C@]35O)[C@@]2(O)[C@]41C. The molecule has 4 saturated carbocycles. The normalized spacial score (nSPS) is 44.2. The minimum Gasteiger partial charge on any atom is -0.459 e. The average molecular weight is 710 g/mol. The summed E-state index contributed by atoms with van der Waals surface area (Å²) in [5, 5.41) is 71.1. The van der Waals surface area contributed by atoms with Gasteiger partial charge in [-0.1, -0.05) is 44.9 Å². The minimum absolute atomic E-state index is 0.00732. The Morgan fingerprint density at radius 1 is 1.10 bits per heavy atom. The van der Waals surface area contributed by atoms with Crippen LogP contribution in [0.5, 0.6) is 0 Å². The topological polar surface area (TPSA) is 257 Å². The molecule has 1 aromatic heterocycles. The highest BCUT2D eigenvalue weighted by atomic mass is 16.7. The second-order valence-electron chi connectivity index (χ2n) is 15.6. The maximum absolute atomic E-state index is 13.6. The summed E-state index contributed by atoms with van der Waals surface area (Å²) in [4.78, 5) is 45.2. The van der Waals surface area contributed by atoms with Crippen molar-refractivity contribution in [1.29, 1.82) is 0 Å². The quantitative estimate of drug-likeness (QED) is 0.0859. The number of carbonyl (C=O) groups is 3. The molecule has 6 bridgehead atoms. The fourth-order valence-corrected chi connectivity index (χ4v) is 11.0. The monoisotopic (exact) mass is 709 g/mol. The molecule has 2 aliphatic heterocycles. The second-order valence-corrected chi connectivity index (χ2v) is 15.6. The number of ether oxygens (including phenoxy) is 3. The molecule has 6 aliphatic rings. The number of hydrogen-bond donors (Lipinski definition) is 7. The lowest BCUT2D eigenvalue weighted by Gasteiger charge is -2.61. The maximum Gasteiger partial charge on any atom is 0.355 e. The zero-order valence-corrected chi connectivity index (χ0v) is 28.9. The van der Waals surface area contributed by atoms with E-state index in [2.05, 4.69) is 20.3 Å². The van der Waals surface area contributed by atoms with Crippen molar-refractivity contribution < 1.29 is 54.1 Å². The van der Waals surface area contributed by atoms with Gasteiger partial charge in [0.2, 0.25) is 0 Å². The molecule has 1 spiro atoms. The summed E-state index contributed by atoms with van der Waals surface area (Å²) in [6.45, 7) is 7.58. The molecular formula is C35H43N5O11. The Kier molecular flexibility index (Phi) is 7.47. The van der Waals surface area contributed by atoms with Crippen molar-refractivity contribution in [2.45, 2.75) is 106 Å². The lowest BCUT2D eigenvalue weighted by atomic mass is 9.52. The van der Waals surface area contributed by atoms with Crippen LogP contribution in [0.2, 0.25) is 0 Å². The van der Waals surface area contributed by atoms with Crippen molar-refractivity contribution >= 4 is 23.5 Å². The number of carbonyl (C=O) groups excluding carboxylic acids is 3. The number of esters is 2. The van der Waals surface area contributed by atoms with E-state index in [0.29, 0.717) is 5.69 Å². The maximum atomic E-state index is 13.6. The third-order valence-electron chi connectivity index (χ3n) is 13.4. The molecule has 2 saturated heterocycles. The first-order valence-electron chi connectivity index (χ1n) is 17.1. The van der Waals surface area contributed by atoms with E-state index in [1.165, 1.54) is 50.4 Å². The standard InChI is InChI=1S/C35H43N5O11/c1-18(2)32(46)27(50-26(43)22-7-6-15-37-22)33(47)28(4)17-31(45)29(32,5)35(33,48)34(51-31)24(19(3)12-14-30(28,34)44)49-23(41)13-16-38-25(42)20-8-10-21(11-9-20)39-40-36/h6-11,15,18-19,24,27,37,44-48H,12-14,16-17H2,1-5H3,(H,38,42)/t19-,24+,27+,28-,29+,30-,31+,32+,33+,34+,35+/m0/s1. The molecule has 4 aliphatic carbocycles. The number of azide groups is 1. The first-order chi connectivity index (χ1) is 23.8. The largest absolute Gasteiger partial charge is 0.459 e. The number of rotatable bonds is 9. The van der Waals surface area contributed by atoms with Crippen molar-refractivity contribution in [2.24, 2.45) is 27.8 Å². The first-order valence-corrected chi connectivity index (χ1v) is 17.1. The summed E-state index contributed by atoms with van der Waals surface area (Å²) >= 11 is 0. The highest BCUT2D eigenvalue weighted by Gasteiger charge is 3.10. The fraction of sp³-hybridized carbons (Fsp3) is 0.629. The molecule has 11 atom stereocenters. The second kappa shape index (κ2) is 10.8. The number of hydrogen-bond acceptors (Lipinski definition) is 12. The Morgan fingerprint density at radius 3 is 2.39 bits per heavy atom. The number of aromatic amines is 1. The van der Waals surface area contributed by atoms with Gasteiger partial charge in [-0.3, -0.25) is 9.59 Å². The van der Waals surface area contributed by atoms with Crippen LogP contribution in [0.1, 0.15) is 81.1 Å². The number of aliphatic hydroxyl groups is 5. The number of H-pyrrole nitrogens is 1. The molecule has 7 N–H and O–H groups in total. The van der Waals surface area contributed by atoms with Gasteiger partial charge < -0.3 is 50.0 Å². The van der Waals surface area contributed by atoms with E-state index in [4.69, 9.17) is 19.7 Å². The average Bonchev–Trinajstić information content (AvgIpc) is 3.71. The Bertz CT molecular complexity index is 1850. The van der Waals surface area contributed by atoms with Gasteiger partial charge in [-0.25, -0.2) is 4.79 Å². The molecule has 1 aromatic carbocycles. The molecule has 0 unspecified atom stereocenters. The molecule has 8 rings (SSSR count). The Hall–Kier alpha value is -4.02. The van der Waals surface area contributed by atoms with Crippen LogP contribution in [0.3, 0.4) is 0 Å². The van der Waals surface area contributed by atoms with Gasteiger partial charge in [0.25, 0.3) is 5.91 Å². The number of nitrogens with zero attached hydrogens (tertiary/aromatic N) is 3. The van der Waals surface area contributed by atoms with E-state index in [1.54, 1.807) is 26.8 Å². The van der Waals surface area contributed by atoms with Crippen LogP contribution >= 0.6 is 0 Å². The van der Waals surface area contributed by atoms with Crippen LogP contribution in [0.15, 0.2) is 47.7 Å². The highest BCUT2D eigenvalue weighted by Crippen LogP contribution is 2.90. The van der Waals surface area contributed by atoms with E-state index in [1.807, 2.05) is 0 Å². The van der Waals surface area contributed by atoms with Gasteiger partial charge in [-0.15, -0.1) is 0 Å². The van der Waals surface area contributed by atoms with Crippen LogP contribution in [0, 0.1) is 22.7 Å². The molecule has 3 heterocycles. The van der Waals surface area contributed by atoms with Gasteiger partial charge in [0.05, 0.1) is 11.8 Å². The van der Waals surface area contributed by atoms with Gasteiger partial charge in [-0.05, 0) is 61.4 Å². The Labute approximate surface area is 292 Å². The predicted molar refractivity (Wildman–Crippen MR) is 175 cm³/mol. The van der Waals surface area contributed by atoms with E-state index in [-0.39, 0.29) is 37.1 Å². The number of amides is 1. The summed E-state index contributed by atoms with van der Waals surface area (Å²) in [5.41, 5.74) is -7.28. The summed E-state index contributed by atoms with van der Waals surface area (Å²) < 4.78 is 18.5. The summed E-state index contributed by atoms with van der Waals surface area (Å²) in [7, 11) is 0. The molecule has 274 valence electrons. The zero-order chi connectivity index (χ0) is 37.2. The zero-order valence-electron chi connectivity index (χ0n) is 28.9. The van der Waals surface area contributed by atoms with Crippen LogP contribution in [0.4, 0.5) is 5.69 Å². The molecule has 2 aromatic rings. The molecule has 0 radical (unpaired) electrons. The first kappa shape index (κ1) is 35.4. The molecule has 51 heavy (non-hydrogen) atoms. The lowest BCUT2D eigenvalue weighted by molar-refractivity contribution is -0.390. The van der Waals surface area contributed by atoms with Crippen molar-refractivity contribution in [1.82, 2.24) is 10.3 Å². The van der Waals surface area contributed by atoms with E-state index in [9.17, 15) is 39.9 Å². The summed E-state index contributed by atoms with van der Waals surface area (Å²) in [5.74, 6) is -6.17. The van der Waals surface area contributed by atoms with Crippen LogP contribution in [-0.4, -0.2) is 101 Å². The van der Waals surface area contributed by atoms with Gasteiger partial charge in [0.1, 0.15) is 34.2 Å².